The Morgan fingerprint density at radius 1 is 1.06 bits per heavy atom. The number of amides is 1. The van der Waals surface area contributed by atoms with E-state index in [2.05, 4.69) is 40.3 Å². The number of rotatable bonds is 8. The number of carbonyl (C=O) groups is 1. The van der Waals surface area contributed by atoms with Gasteiger partial charge in [-0.3, -0.25) is 14.7 Å². The predicted molar refractivity (Wildman–Crippen MR) is 131 cm³/mol. The van der Waals surface area contributed by atoms with Crippen molar-refractivity contribution in [2.45, 2.75) is 38.8 Å². The number of nitrogens with one attached hydrogen (secondary N) is 1. The van der Waals surface area contributed by atoms with Crippen LogP contribution in [0.15, 0.2) is 72.9 Å². The molecule has 0 saturated carbocycles. The van der Waals surface area contributed by atoms with Gasteiger partial charge in [-0.2, -0.15) is 0 Å². The van der Waals surface area contributed by atoms with Crippen LogP contribution in [0.3, 0.4) is 0 Å². The SMILES string of the molecule is COc1c(C)cccc1CN1CCC([C@H](NC(=O)Cc2ccccc2)c2ccccn2)CC1. The number of likely N-dealkylation sites (tertiary alicyclic amines) is 1. The molecule has 0 aliphatic carbocycles. The second kappa shape index (κ2) is 11.1. The summed E-state index contributed by atoms with van der Waals surface area (Å²) in [5.74, 6) is 1.39. The van der Waals surface area contributed by atoms with Crippen LogP contribution in [0.25, 0.3) is 0 Å². The first-order chi connectivity index (χ1) is 16.1. The van der Waals surface area contributed by atoms with Crippen LogP contribution in [0.5, 0.6) is 5.75 Å². The maximum Gasteiger partial charge on any atom is 0.224 e. The van der Waals surface area contributed by atoms with E-state index in [1.165, 1.54) is 11.1 Å². The molecule has 1 aromatic heterocycles. The molecule has 1 N–H and O–H groups in total. The minimum Gasteiger partial charge on any atom is -0.496 e. The first-order valence-corrected chi connectivity index (χ1v) is 11.7. The summed E-state index contributed by atoms with van der Waals surface area (Å²) in [6, 6.07) is 22.1. The Kier molecular flexibility index (Phi) is 7.74. The second-order valence-electron chi connectivity index (χ2n) is 8.84. The van der Waals surface area contributed by atoms with Gasteiger partial charge in [0.2, 0.25) is 5.91 Å². The number of ether oxygens (including phenoxy) is 1. The number of benzene rings is 2. The monoisotopic (exact) mass is 443 g/mol. The molecule has 0 spiro atoms. The van der Waals surface area contributed by atoms with Crippen LogP contribution >= 0.6 is 0 Å². The van der Waals surface area contributed by atoms with Gasteiger partial charge in [-0.25, -0.2) is 0 Å². The van der Waals surface area contributed by atoms with Gasteiger partial charge < -0.3 is 10.1 Å². The summed E-state index contributed by atoms with van der Waals surface area (Å²) in [5, 5.41) is 3.30. The van der Waals surface area contributed by atoms with Gasteiger partial charge in [0.25, 0.3) is 0 Å². The van der Waals surface area contributed by atoms with E-state index < -0.39 is 0 Å². The smallest absolute Gasteiger partial charge is 0.224 e. The van der Waals surface area contributed by atoms with E-state index in [1.54, 1.807) is 7.11 Å². The van der Waals surface area contributed by atoms with Crippen molar-refractivity contribution in [1.82, 2.24) is 15.2 Å². The summed E-state index contributed by atoms with van der Waals surface area (Å²) in [5.41, 5.74) is 4.36. The lowest BCUT2D eigenvalue weighted by Crippen LogP contribution is -2.41. The molecule has 33 heavy (non-hydrogen) atoms. The highest BCUT2D eigenvalue weighted by Crippen LogP contribution is 2.32. The van der Waals surface area contributed by atoms with Crippen LogP contribution in [0.2, 0.25) is 0 Å². The van der Waals surface area contributed by atoms with Crippen LogP contribution in [0, 0.1) is 12.8 Å². The quantitative estimate of drug-likeness (QED) is 0.548. The number of hydrogen-bond donors (Lipinski definition) is 1. The van der Waals surface area contributed by atoms with E-state index >= 15 is 0 Å². The van der Waals surface area contributed by atoms with Crippen LogP contribution in [0.1, 0.15) is 41.3 Å². The predicted octanol–water partition coefficient (Wildman–Crippen LogP) is 4.71. The number of aromatic nitrogens is 1. The van der Waals surface area contributed by atoms with Crippen molar-refractivity contribution in [3.8, 4) is 5.75 Å². The second-order valence-corrected chi connectivity index (χ2v) is 8.84. The van der Waals surface area contributed by atoms with Crippen LogP contribution < -0.4 is 10.1 Å². The maximum absolute atomic E-state index is 12.9. The first-order valence-electron chi connectivity index (χ1n) is 11.7. The number of nitrogens with zero attached hydrogens (tertiary/aromatic N) is 2. The molecule has 0 radical (unpaired) electrons. The molecule has 3 aromatic rings. The zero-order valence-corrected chi connectivity index (χ0v) is 19.5. The number of methoxy groups -OCH3 is 1. The summed E-state index contributed by atoms with van der Waals surface area (Å²) >= 11 is 0. The van der Waals surface area contributed by atoms with E-state index in [4.69, 9.17) is 4.74 Å². The molecule has 2 aromatic carbocycles. The summed E-state index contributed by atoms with van der Waals surface area (Å²) in [7, 11) is 1.74. The number of para-hydroxylation sites is 1. The molecule has 172 valence electrons. The minimum atomic E-state index is -0.0712. The lowest BCUT2D eigenvalue weighted by atomic mass is 9.87. The molecule has 0 bridgehead atoms. The molecule has 1 amide bonds. The molecule has 1 atom stereocenters. The normalized spacial score (nSPS) is 15.7. The Labute approximate surface area is 196 Å². The van der Waals surface area contributed by atoms with Gasteiger partial charge in [-0.1, -0.05) is 54.6 Å². The Morgan fingerprint density at radius 3 is 2.52 bits per heavy atom. The fraction of sp³-hybridized carbons (Fsp3) is 0.357. The fourth-order valence-corrected chi connectivity index (χ4v) is 4.81. The Morgan fingerprint density at radius 2 is 1.82 bits per heavy atom. The van der Waals surface area contributed by atoms with Crippen molar-refractivity contribution in [3.63, 3.8) is 0 Å². The van der Waals surface area contributed by atoms with E-state index in [-0.39, 0.29) is 11.9 Å². The highest BCUT2D eigenvalue weighted by Gasteiger charge is 2.30. The molecule has 0 unspecified atom stereocenters. The van der Waals surface area contributed by atoms with Gasteiger partial charge in [0.05, 0.1) is 25.3 Å². The molecule has 5 heteroatoms. The Hall–Kier alpha value is -3.18. The van der Waals surface area contributed by atoms with Gasteiger partial charge in [0.15, 0.2) is 0 Å². The van der Waals surface area contributed by atoms with Crippen LogP contribution in [-0.2, 0) is 17.8 Å². The minimum absolute atomic E-state index is 0.0452. The third-order valence-corrected chi connectivity index (χ3v) is 6.53. The molecular formula is C28H33N3O2. The molecule has 4 rings (SSSR count). The summed E-state index contributed by atoms with van der Waals surface area (Å²) in [6.07, 6.45) is 4.23. The van der Waals surface area contributed by atoms with E-state index in [0.717, 1.165) is 49.5 Å². The number of pyridine rings is 1. The highest BCUT2D eigenvalue weighted by molar-refractivity contribution is 5.79. The van der Waals surface area contributed by atoms with E-state index in [1.807, 2.05) is 54.7 Å². The highest BCUT2D eigenvalue weighted by atomic mass is 16.5. The molecule has 1 aliphatic heterocycles. The average Bonchev–Trinajstić information content (AvgIpc) is 2.84. The number of hydrogen-bond acceptors (Lipinski definition) is 4. The summed E-state index contributed by atoms with van der Waals surface area (Å²) < 4.78 is 5.64. The topological polar surface area (TPSA) is 54.5 Å². The molecule has 5 nitrogen and oxygen atoms in total. The third kappa shape index (κ3) is 5.99. The van der Waals surface area contributed by atoms with E-state index in [9.17, 15) is 4.79 Å². The lowest BCUT2D eigenvalue weighted by molar-refractivity contribution is -0.121. The van der Waals surface area contributed by atoms with Crippen LogP contribution in [0.4, 0.5) is 0 Å². The van der Waals surface area contributed by atoms with Crippen molar-refractivity contribution in [2.24, 2.45) is 5.92 Å². The van der Waals surface area contributed by atoms with Gasteiger partial charge in [0, 0.05) is 18.3 Å². The van der Waals surface area contributed by atoms with Crippen LogP contribution in [-0.4, -0.2) is 36.0 Å². The average molecular weight is 444 g/mol. The third-order valence-electron chi connectivity index (χ3n) is 6.53. The zero-order valence-electron chi connectivity index (χ0n) is 19.5. The largest absolute Gasteiger partial charge is 0.496 e. The number of carbonyl (C=O) groups excluding carboxylic acids is 1. The standard InChI is InChI=1S/C28H33N3O2/c1-21-9-8-12-24(28(21)33-2)20-31-17-14-23(15-18-31)27(25-13-6-7-16-29-25)30-26(32)19-22-10-4-3-5-11-22/h3-13,16,23,27H,14-15,17-20H2,1-2H3,(H,30,32)/t27-/m0/s1. The van der Waals surface area contributed by atoms with Crippen molar-refractivity contribution >= 4 is 5.91 Å². The maximum atomic E-state index is 12.9. The molecule has 2 heterocycles. The number of piperidine rings is 1. The summed E-state index contributed by atoms with van der Waals surface area (Å²) in [4.78, 5) is 20.0. The van der Waals surface area contributed by atoms with Gasteiger partial charge >= 0.3 is 0 Å². The van der Waals surface area contributed by atoms with Crippen molar-refractivity contribution in [2.75, 3.05) is 20.2 Å². The van der Waals surface area contributed by atoms with Gasteiger partial charge in [-0.05, 0) is 62.0 Å². The first kappa shape index (κ1) is 23.0. The fourth-order valence-electron chi connectivity index (χ4n) is 4.81. The molecule has 1 saturated heterocycles. The van der Waals surface area contributed by atoms with E-state index in [0.29, 0.717) is 12.3 Å². The van der Waals surface area contributed by atoms with Gasteiger partial charge in [0.1, 0.15) is 5.75 Å². The van der Waals surface area contributed by atoms with Crippen molar-refractivity contribution in [1.29, 1.82) is 0 Å². The Balaban J connectivity index is 1.41. The number of aryl methyl sites for hydroxylation is 1. The van der Waals surface area contributed by atoms with Crippen molar-refractivity contribution in [3.05, 3.63) is 95.3 Å². The molecule has 1 fully saturated rings. The van der Waals surface area contributed by atoms with Gasteiger partial charge in [-0.15, -0.1) is 0 Å². The molecular weight excluding hydrogens is 410 g/mol. The summed E-state index contributed by atoms with van der Waals surface area (Å²) in [6.45, 7) is 4.94. The lowest BCUT2D eigenvalue weighted by Gasteiger charge is -2.36. The van der Waals surface area contributed by atoms with Crippen molar-refractivity contribution < 1.29 is 9.53 Å². The molecule has 1 aliphatic rings. The zero-order chi connectivity index (χ0) is 23.0. The Bertz CT molecular complexity index is 1030.